The van der Waals surface area contributed by atoms with Crippen LogP contribution in [0.3, 0.4) is 0 Å². The van der Waals surface area contributed by atoms with Crippen LogP contribution < -0.4 is 15.6 Å². The average molecular weight is 577 g/mol. The number of sulfonamides is 2. The number of hydrogen-bond donors (Lipinski definition) is 3. The van der Waals surface area contributed by atoms with Gasteiger partial charge in [0, 0.05) is 11.9 Å². The van der Waals surface area contributed by atoms with Crippen LogP contribution in [0.1, 0.15) is 11.1 Å². The van der Waals surface area contributed by atoms with Gasteiger partial charge in [-0.1, -0.05) is 12.1 Å². The Morgan fingerprint density at radius 3 is 2.58 bits per heavy atom. The third kappa shape index (κ3) is 5.00. The summed E-state index contributed by atoms with van der Waals surface area (Å²) in [6.07, 6.45) is 2.33. The Morgan fingerprint density at radius 1 is 1.18 bits per heavy atom. The number of aromatic hydroxyl groups is 1. The Balaban J connectivity index is 1.66. The molecule has 4 aromatic rings. The number of rotatable bonds is 6. The fourth-order valence-corrected chi connectivity index (χ4v) is 6.00. The monoisotopic (exact) mass is 576 g/mol. The first kappa shape index (κ1) is 25.5. The van der Waals surface area contributed by atoms with Gasteiger partial charge in [-0.2, -0.15) is 13.5 Å². The van der Waals surface area contributed by atoms with E-state index < -0.39 is 48.6 Å². The summed E-state index contributed by atoms with van der Waals surface area (Å²) < 4.78 is 69.5. The van der Waals surface area contributed by atoms with E-state index in [2.05, 4.69) is 24.5 Å². The number of benzene rings is 2. The molecular weight excluding hydrogens is 559 g/mol. The molecule has 0 amide bonds. The highest BCUT2D eigenvalue weighted by atomic mass is 32.2. The van der Waals surface area contributed by atoms with E-state index in [1.165, 1.54) is 48.1 Å². The maximum Gasteiger partial charge on any atom is 0.286 e. The first-order chi connectivity index (χ1) is 17.9. The fraction of sp³-hybridized carbons (Fsp3) is 0.0909. The van der Waals surface area contributed by atoms with Gasteiger partial charge in [0.2, 0.25) is 10.0 Å². The zero-order chi connectivity index (χ0) is 27.2. The Labute approximate surface area is 219 Å². The number of hydrogen-bond acceptors (Lipinski definition) is 10. The standard InChI is InChI=1S/C22H17FN6O6S3/c1-37(32,33)27-14-6-7-15-17(8-14)38(34,35)28-21(25-15)18-20(30)19(16-9-24-11-36-16)26-29(22(18)31)10-12-2-4-13(23)5-3-12/h2-9,11,27,30H,10H2,1H3,(H,25,28). The summed E-state index contributed by atoms with van der Waals surface area (Å²) in [5, 5.41) is 18.1. The Hall–Kier alpha value is -4.15. The van der Waals surface area contributed by atoms with E-state index in [4.69, 9.17) is 0 Å². The van der Waals surface area contributed by atoms with Crippen molar-refractivity contribution in [2.24, 2.45) is 4.40 Å². The molecule has 3 heterocycles. The van der Waals surface area contributed by atoms with Crippen molar-refractivity contribution in [2.45, 2.75) is 11.4 Å². The van der Waals surface area contributed by atoms with Crippen molar-refractivity contribution in [1.82, 2.24) is 14.8 Å². The highest BCUT2D eigenvalue weighted by Crippen LogP contribution is 2.35. The molecule has 12 nitrogen and oxygen atoms in total. The molecule has 0 saturated heterocycles. The molecule has 0 atom stereocenters. The number of nitrogens with one attached hydrogen (secondary N) is 2. The van der Waals surface area contributed by atoms with Gasteiger partial charge in [-0.3, -0.25) is 14.5 Å². The minimum absolute atomic E-state index is 0.00355. The molecule has 16 heteroatoms. The molecule has 0 aliphatic carbocycles. The van der Waals surface area contributed by atoms with Crippen LogP contribution in [-0.4, -0.2) is 48.8 Å². The van der Waals surface area contributed by atoms with Gasteiger partial charge in [0.05, 0.1) is 28.9 Å². The minimum atomic E-state index is -4.43. The fourth-order valence-electron chi connectivity index (χ4n) is 3.69. The average Bonchev–Trinajstić information content (AvgIpc) is 3.36. The number of thiazole rings is 1. The zero-order valence-electron chi connectivity index (χ0n) is 19.3. The number of halogens is 1. The number of amidine groups is 1. The third-order valence-electron chi connectivity index (χ3n) is 5.31. The third-order valence-corrected chi connectivity index (χ3v) is 8.01. The van der Waals surface area contributed by atoms with Crippen LogP contribution in [0, 0.1) is 5.82 Å². The van der Waals surface area contributed by atoms with Crippen LogP contribution in [0.5, 0.6) is 5.75 Å². The van der Waals surface area contributed by atoms with Crippen LogP contribution in [0.15, 0.2) is 68.3 Å². The number of nitrogens with zero attached hydrogens (tertiary/aromatic N) is 4. The Kier molecular flexibility index (Phi) is 6.24. The SMILES string of the molecule is CS(=O)(=O)Nc1ccc2c(c1)S(=O)(=O)N=C(c1c(O)c(-c3cncs3)nn(Cc3ccc(F)cc3)c1=O)N2. The Morgan fingerprint density at radius 2 is 1.92 bits per heavy atom. The second kappa shape index (κ2) is 9.30. The van der Waals surface area contributed by atoms with Crippen LogP contribution in [0.25, 0.3) is 10.6 Å². The highest BCUT2D eigenvalue weighted by molar-refractivity contribution is 7.92. The van der Waals surface area contributed by atoms with Gasteiger partial charge in [-0.15, -0.1) is 15.7 Å². The predicted molar refractivity (Wildman–Crippen MR) is 139 cm³/mol. The van der Waals surface area contributed by atoms with E-state index in [0.29, 0.717) is 10.4 Å². The number of aromatic nitrogens is 3. The van der Waals surface area contributed by atoms with Gasteiger partial charge in [-0.25, -0.2) is 17.5 Å². The van der Waals surface area contributed by atoms with E-state index in [0.717, 1.165) is 28.3 Å². The van der Waals surface area contributed by atoms with Crippen molar-refractivity contribution in [1.29, 1.82) is 0 Å². The molecule has 38 heavy (non-hydrogen) atoms. The van der Waals surface area contributed by atoms with Gasteiger partial charge >= 0.3 is 0 Å². The van der Waals surface area contributed by atoms with Gasteiger partial charge in [-0.05, 0) is 35.9 Å². The molecule has 3 N–H and O–H groups in total. The molecule has 0 radical (unpaired) electrons. The second-order valence-electron chi connectivity index (χ2n) is 8.15. The quantitative estimate of drug-likeness (QED) is 0.311. The maximum atomic E-state index is 13.5. The second-order valence-corrected chi connectivity index (χ2v) is 12.4. The molecule has 1 aliphatic rings. The van der Waals surface area contributed by atoms with E-state index >= 15 is 0 Å². The first-order valence-corrected chi connectivity index (χ1v) is 14.8. The van der Waals surface area contributed by atoms with Gasteiger partial charge in [0.25, 0.3) is 15.6 Å². The van der Waals surface area contributed by atoms with Crippen LogP contribution in [0.2, 0.25) is 0 Å². The summed E-state index contributed by atoms with van der Waals surface area (Å²) in [7, 11) is -8.11. The van der Waals surface area contributed by atoms with E-state index in [9.17, 15) is 31.1 Å². The lowest BCUT2D eigenvalue weighted by Gasteiger charge is -2.20. The lowest BCUT2D eigenvalue weighted by molar-refractivity contribution is 0.464. The predicted octanol–water partition coefficient (Wildman–Crippen LogP) is 2.19. The number of anilines is 2. The Bertz CT molecular complexity index is 1870. The summed E-state index contributed by atoms with van der Waals surface area (Å²) in [5.41, 5.74) is 0.661. The summed E-state index contributed by atoms with van der Waals surface area (Å²) in [4.78, 5) is 17.5. The summed E-state index contributed by atoms with van der Waals surface area (Å²) in [6.45, 7) is -0.116. The van der Waals surface area contributed by atoms with Crippen molar-refractivity contribution in [2.75, 3.05) is 16.3 Å². The van der Waals surface area contributed by atoms with Crippen LogP contribution in [-0.2, 0) is 26.6 Å². The van der Waals surface area contributed by atoms with Gasteiger partial charge in [0.1, 0.15) is 22.0 Å². The van der Waals surface area contributed by atoms with Crippen molar-refractivity contribution in [3.8, 4) is 16.3 Å². The number of fused-ring (bicyclic) bond motifs is 1. The lowest BCUT2D eigenvalue weighted by Crippen LogP contribution is -2.34. The van der Waals surface area contributed by atoms with Crippen LogP contribution >= 0.6 is 11.3 Å². The maximum absolute atomic E-state index is 13.5. The molecule has 1 aliphatic heterocycles. The molecule has 0 fully saturated rings. The largest absolute Gasteiger partial charge is 0.505 e. The molecule has 0 unspecified atom stereocenters. The van der Waals surface area contributed by atoms with E-state index in [1.54, 1.807) is 0 Å². The zero-order valence-corrected chi connectivity index (χ0v) is 21.7. The normalized spacial score (nSPS) is 14.3. The highest BCUT2D eigenvalue weighted by Gasteiger charge is 2.31. The minimum Gasteiger partial charge on any atom is -0.505 e. The van der Waals surface area contributed by atoms with Gasteiger partial charge in [0.15, 0.2) is 11.6 Å². The molecule has 196 valence electrons. The van der Waals surface area contributed by atoms with E-state index in [1.807, 2.05) is 0 Å². The topological polar surface area (TPSA) is 173 Å². The molecule has 0 saturated carbocycles. The summed E-state index contributed by atoms with van der Waals surface area (Å²) in [5.74, 6) is -1.54. The summed E-state index contributed by atoms with van der Waals surface area (Å²) >= 11 is 1.13. The smallest absolute Gasteiger partial charge is 0.286 e. The molecule has 5 rings (SSSR count). The van der Waals surface area contributed by atoms with Gasteiger partial charge < -0.3 is 10.4 Å². The van der Waals surface area contributed by atoms with Crippen molar-refractivity contribution in [3.63, 3.8) is 0 Å². The summed E-state index contributed by atoms with van der Waals surface area (Å²) in [6, 6.07) is 9.07. The van der Waals surface area contributed by atoms with Crippen LogP contribution in [0.4, 0.5) is 15.8 Å². The van der Waals surface area contributed by atoms with Crippen molar-refractivity contribution in [3.05, 3.63) is 81.5 Å². The van der Waals surface area contributed by atoms with E-state index in [-0.39, 0.29) is 28.5 Å². The van der Waals surface area contributed by atoms with Crippen molar-refractivity contribution < 1.29 is 26.3 Å². The molecule has 2 aromatic carbocycles. The lowest BCUT2D eigenvalue weighted by atomic mass is 10.1. The molecule has 2 aromatic heterocycles. The molecule has 0 bridgehead atoms. The molecule has 0 spiro atoms. The molecular formula is C22H17FN6O6S3. The first-order valence-electron chi connectivity index (χ1n) is 10.6. The van der Waals surface area contributed by atoms with Crippen molar-refractivity contribution >= 4 is 48.6 Å².